The Balaban J connectivity index is 2.69. The first-order valence-corrected chi connectivity index (χ1v) is 7.44. The van der Waals surface area contributed by atoms with Gasteiger partial charge in [-0.15, -0.1) is 0 Å². The van der Waals surface area contributed by atoms with Crippen molar-refractivity contribution >= 4 is 0 Å². The van der Waals surface area contributed by atoms with Crippen LogP contribution in [0.5, 0.6) is 11.8 Å². The van der Waals surface area contributed by atoms with Gasteiger partial charge < -0.3 is 20.2 Å². The van der Waals surface area contributed by atoms with E-state index in [2.05, 4.69) is 19.9 Å². The molecule has 0 aliphatic rings. The number of aromatic nitrogens is 4. The lowest BCUT2D eigenvalue weighted by Gasteiger charge is -2.17. The van der Waals surface area contributed by atoms with Gasteiger partial charge in [0.05, 0.1) is 11.1 Å². The predicted molar refractivity (Wildman–Crippen MR) is 83.9 cm³/mol. The molecule has 0 atom stereocenters. The highest BCUT2D eigenvalue weighted by Crippen LogP contribution is 2.33. The largest absolute Gasteiger partial charge is 0.493 e. The molecular weight excluding hydrogens is 300 g/mol. The first-order valence-electron chi connectivity index (χ1n) is 7.44. The van der Waals surface area contributed by atoms with E-state index in [0.717, 1.165) is 6.42 Å². The molecule has 4 N–H and O–H groups in total. The van der Waals surface area contributed by atoms with Crippen LogP contribution in [0, 0.1) is 13.8 Å². The van der Waals surface area contributed by atoms with Crippen LogP contribution in [0.25, 0.3) is 0 Å². The number of unbranched alkanes of at least 4 members (excludes halogenated alkanes) is 1. The topological polar surface area (TPSA) is 132 Å². The first kappa shape index (κ1) is 16.7. The molecule has 0 aliphatic carbocycles. The van der Waals surface area contributed by atoms with Gasteiger partial charge in [-0.3, -0.25) is 9.59 Å². The Kier molecular flexibility index (Phi) is 4.83. The number of aryl methyl sites for hydroxylation is 2. The molecule has 2 aromatic rings. The van der Waals surface area contributed by atoms with E-state index in [-0.39, 0.29) is 22.8 Å². The molecule has 23 heavy (non-hydrogen) atoms. The molecule has 2 aromatic heterocycles. The third-order valence-electron chi connectivity index (χ3n) is 3.65. The van der Waals surface area contributed by atoms with Crippen molar-refractivity contribution in [1.29, 1.82) is 0 Å². The molecule has 0 aliphatic heterocycles. The number of aromatic hydroxyl groups is 2. The summed E-state index contributed by atoms with van der Waals surface area (Å²) in [6.45, 7) is 5.05. The maximum Gasteiger partial charge on any atom is 0.258 e. The summed E-state index contributed by atoms with van der Waals surface area (Å²) < 4.78 is 0. The smallest absolute Gasteiger partial charge is 0.258 e. The lowest BCUT2D eigenvalue weighted by atomic mass is 9.89. The third kappa shape index (κ3) is 3.41. The lowest BCUT2D eigenvalue weighted by Crippen LogP contribution is -2.25. The predicted octanol–water partition coefficient (Wildman–Crippen LogP) is 1.20. The molecule has 2 heterocycles. The summed E-state index contributed by atoms with van der Waals surface area (Å²) in [5.74, 6) is -1.13. The van der Waals surface area contributed by atoms with Gasteiger partial charge in [0, 0.05) is 5.92 Å². The second-order valence-corrected chi connectivity index (χ2v) is 5.47. The SMILES string of the molecule is CCCCC(c1c(O)nc(C)[nH]c1=O)c1c(O)nc(C)[nH]c1=O. The van der Waals surface area contributed by atoms with Gasteiger partial charge in [0.1, 0.15) is 11.6 Å². The van der Waals surface area contributed by atoms with Crippen molar-refractivity contribution in [2.45, 2.75) is 46.0 Å². The molecule has 0 radical (unpaired) electrons. The quantitative estimate of drug-likeness (QED) is 0.654. The van der Waals surface area contributed by atoms with E-state index in [0.29, 0.717) is 12.8 Å². The molecule has 0 unspecified atom stereocenters. The number of rotatable bonds is 5. The second-order valence-electron chi connectivity index (χ2n) is 5.47. The Hall–Kier alpha value is -2.64. The van der Waals surface area contributed by atoms with Crippen LogP contribution >= 0.6 is 0 Å². The molecule has 0 bridgehead atoms. The van der Waals surface area contributed by atoms with Gasteiger partial charge in [0.25, 0.3) is 11.1 Å². The Morgan fingerprint density at radius 1 is 0.957 bits per heavy atom. The van der Waals surface area contributed by atoms with Crippen molar-refractivity contribution in [2.75, 3.05) is 0 Å². The molecule has 124 valence electrons. The Labute approximate surface area is 132 Å². The lowest BCUT2D eigenvalue weighted by molar-refractivity contribution is 0.420. The van der Waals surface area contributed by atoms with Gasteiger partial charge in [0.2, 0.25) is 11.8 Å². The van der Waals surface area contributed by atoms with Crippen LogP contribution < -0.4 is 11.1 Å². The fraction of sp³-hybridized carbons (Fsp3) is 0.467. The monoisotopic (exact) mass is 320 g/mol. The van der Waals surface area contributed by atoms with Crippen LogP contribution in [0.1, 0.15) is 54.9 Å². The zero-order chi connectivity index (χ0) is 17.1. The summed E-state index contributed by atoms with van der Waals surface area (Å²) in [6, 6.07) is 0. The van der Waals surface area contributed by atoms with Gasteiger partial charge in [-0.2, -0.15) is 0 Å². The molecule has 0 saturated carbocycles. The van der Waals surface area contributed by atoms with Crippen LogP contribution in [-0.2, 0) is 0 Å². The standard InChI is InChI=1S/C15H20N4O4/c1-4-5-6-9(10-12(20)16-7(2)17-13(10)21)11-14(22)18-8(3)19-15(11)23/h9H,4-6H2,1-3H3,(H2,16,17,20,21)(H2,18,19,22,23). The van der Waals surface area contributed by atoms with Crippen LogP contribution in [0.15, 0.2) is 9.59 Å². The van der Waals surface area contributed by atoms with Crippen LogP contribution in [-0.4, -0.2) is 30.1 Å². The average Bonchev–Trinajstić information content (AvgIpc) is 2.41. The summed E-state index contributed by atoms with van der Waals surface area (Å²) in [6.07, 6.45) is 1.93. The fourth-order valence-electron chi connectivity index (χ4n) is 2.63. The fourth-order valence-corrected chi connectivity index (χ4v) is 2.63. The summed E-state index contributed by atoms with van der Waals surface area (Å²) in [5.41, 5.74) is -1.13. The van der Waals surface area contributed by atoms with Gasteiger partial charge >= 0.3 is 0 Å². The van der Waals surface area contributed by atoms with E-state index in [1.54, 1.807) is 13.8 Å². The molecule has 8 heteroatoms. The third-order valence-corrected chi connectivity index (χ3v) is 3.65. The Bertz CT molecular complexity index is 760. The van der Waals surface area contributed by atoms with E-state index in [9.17, 15) is 19.8 Å². The van der Waals surface area contributed by atoms with E-state index in [1.165, 1.54) is 0 Å². The normalized spacial score (nSPS) is 11.1. The van der Waals surface area contributed by atoms with Crippen molar-refractivity contribution < 1.29 is 10.2 Å². The molecule has 0 amide bonds. The molecule has 0 spiro atoms. The summed E-state index contributed by atoms with van der Waals surface area (Å²) in [7, 11) is 0. The van der Waals surface area contributed by atoms with Crippen LogP contribution in [0.3, 0.4) is 0 Å². The highest BCUT2D eigenvalue weighted by Gasteiger charge is 2.28. The van der Waals surface area contributed by atoms with Crippen molar-refractivity contribution in [3.63, 3.8) is 0 Å². The van der Waals surface area contributed by atoms with Crippen molar-refractivity contribution in [1.82, 2.24) is 19.9 Å². The minimum absolute atomic E-state index is 0.0319. The second kappa shape index (κ2) is 6.64. The number of aromatic amines is 2. The van der Waals surface area contributed by atoms with Gasteiger partial charge in [-0.05, 0) is 20.3 Å². The molecular formula is C15H20N4O4. The Morgan fingerprint density at radius 2 is 1.39 bits per heavy atom. The summed E-state index contributed by atoms with van der Waals surface area (Å²) in [4.78, 5) is 37.3. The van der Waals surface area contributed by atoms with Gasteiger partial charge in [0.15, 0.2) is 0 Å². The highest BCUT2D eigenvalue weighted by atomic mass is 16.3. The van der Waals surface area contributed by atoms with Gasteiger partial charge in [-0.25, -0.2) is 9.97 Å². The molecule has 8 nitrogen and oxygen atoms in total. The zero-order valence-corrected chi connectivity index (χ0v) is 13.3. The molecule has 2 rings (SSSR count). The summed E-state index contributed by atoms with van der Waals surface area (Å²) in [5, 5.41) is 20.2. The van der Waals surface area contributed by atoms with Crippen LogP contribution in [0.4, 0.5) is 0 Å². The first-order chi connectivity index (χ1) is 10.8. The van der Waals surface area contributed by atoms with E-state index >= 15 is 0 Å². The zero-order valence-electron chi connectivity index (χ0n) is 13.3. The molecule has 0 aromatic carbocycles. The number of nitrogens with zero attached hydrogens (tertiary/aromatic N) is 2. The number of hydrogen-bond donors (Lipinski definition) is 4. The minimum atomic E-state index is -0.788. The van der Waals surface area contributed by atoms with Crippen molar-refractivity contribution in [3.8, 4) is 11.8 Å². The highest BCUT2D eigenvalue weighted by molar-refractivity contribution is 5.39. The van der Waals surface area contributed by atoms with Crippen molar-refractivity contribution in [2.24, 2.45) is 0 Å². The Morgan fingerprint density at radius 3 is 1.74 bits per heavy atom. The van der Waals surface area contributed by atoms with Gasteiger partial charge in [-0.1, -0.05) is 19.8 Å². The van der Waals surface area contributed by atoms with E-state index in [1.807, 2.05) is 6.92 Å². The number of hydrogen-bond acceptors (Lipinski definition) is 6. The maximum atomic E-state index is 12.3. The van der Waals surface area contributed by atoms with Crippen LogP contribution in [0.2, 0.25) is 0 Å². The minimum Gasteiger partial charge on any atom is -0.493 e. The number of H-pyrrole nitrogens is 2. The van der Waals surface area contributed by atoms with E-state index in [4.69, 9.17) is 0 Å². The molecule has 0 fully saturated rings. The van der Waals surface area contributed by atoms with Crippen molar-refractivity contribution in [3.05, 3.63) is 43.5 Å². The number of nitrogens with one attached hydrogen (secondary N) is 2. The maximum absolute atomic E-state index is 12.3. The van der Waals surface area contributed by atoms with E-state index < -0.39 is 28.8 Å². The summed E-state index contributed by atoms with van der Waals surface area (Å²) >= 11 is 0. The average molecular weight is 320 g/mol. The molecule has 0 saturated heterocycles.